The van der Waals surface area contributed by atoms with Crippen molar-refractivity contribution in [2.75, 3.05) is 19.6 Å². The minimum absolute atomic E-state index is 0.102. The third-order valence-corrected chi connectivity index (χ3v) is 4.15. The number of pyridine rings is 1. The number of nitrogens with one attached hydrogen (secondary N) is 1. The van der Waals surface area contributed by atoms with Gasteiger partial charge in [0.1, 0.15) is 5.69 Å². The summed E-state index contributed by atoms with van der Waals surface area (Å²) in [5, 5.41) is 2.70. The van der Waals surface area contributed by atoms with Crippen LogP contribution in [0, 0.1) is 11.7 Å². The summed E-state index contributed by atoms with van der Waals surface area (Å²) in [4.78, 5) is 17.4. The zero-order valence-corrected chi connectivity index (χ0v) is 11.7. The molecule has 2 bridgehead atoms. The molecule has 1 amide bonds. The minimum Gasteiger partial charge on any atom is -0.347 e. The first-order valence-corrected chi connectivity index (χ1v) is 7.10. The number of rotatable bonds is 2. The molecule has 2 aliphatic heterocycles. The van der Waals surface area contributed by atoms with Crippen LogP contribution in [0.4, 0.5) is 17.6 Å². The van der Waals surface area contributed by atoms with E-state index in [2.05, 4.69) is 15.2 Å². The molecule has 0 radical (unpaired) electrons. The van der Waals surface area contributed by atoms with E-state index < -0.39 is 29.3 Å². The Kier molecular flexibility index (Phi) is 3.80. The number of hydrogen-bond acceptors (Lipinski definition) is 3. The fourth-order valence-electron chi connectivity index (χ4n) is 3.19. The van der Waals surface area contributed by atoms with E-state index in [-0.39, 0.29) is 6.04 Å². The summed E-state index contributed by atoms with van der Waals surface area (Å²) < 4.78 is 51.0. The fraction of sp³-hybridized carbons (Fsp3) is 0.571. The lowest BCUT2D eigenvalue weighted by atomic mass is 9.97. The fourth-order valence-corrected chi connectivity index (χ4v) is 3.19. The molecule has 2 saturated heterocycles. The Bertz CT molecular complexity index is 578. The van der Waals surface area contributed by atoms with Crippen LogP contribution in [-0.4, -0.2) is 41.5 Å². The van der Waals surface area contributed by atoms with Crippen molar-refractivity contribution >= 4 is 5.91 Å². The van der Waals surface area contributed by atoms with Crippen molar-refractivity contribution in [3.05, 3.63) is 29.3 Å². The van der Waals surface area contributed by atoms with E-state index in [4.69, 9.17) is 0 Å². The smallest absolute Gasteiger partial charge is 0.347 e. The Balaban J connectivity index is 1.72. The monoisotopic (exact) mass is 317 g/mol. The van der Waals surface area contributed by atoms with Gasteiger partial charge in [-0.25, -0.2) is 9.37 Å². The molecule has 2 aliphatic rings. The first-order chi connectivity index (χ1) is 10.3. The number of halogens is 4. The molecule has 3 rings (SSSR count). The van der Waals surface area contributed by atoms with Crippen molar-refractivity contribution in [2.24, 2.45) is 5.92 Å². The maximum atomic E-state index is 13.2. The van der Waals surface area contributed by atoms with Crippen LogP contribution in [-0.2, 0) is 6.18 Å². The Labute approximate surface area is 124 Å². The third kappa shape index (κ3) is 3.06. The third-order valence-electron chi connectivity index (χ3n) is 4.15. The Morgan fingerprint density at radius 3 is 2.77 bits per heavy atom. The average Bonchev–Trinajstić information content (AvgIpc) is 2.77. The maximum absolute atomic E-state index is 13.2. The van der Waals surface area contributed by atoms with Gasteiger partial charge in [-0.1, -0.05) is 0 Å². The second-order valence-electron chi connectivity index (χ2n) is 5.85. The molecule has 0 aromatic carbocycles. The van der Waals surface area contributed by atoms with Gasteiger partial charge in [-0.2, -0.15) is 13.2 Å². The second-order valence-corrected chi connectivity index (χ2v) is 5.85. The van der Waals surface area contributed by atoms with Crippen LogP contribution in [0.5, 0.6) is 0 Å². The van der Waals surface area contributed by atoms with Gasteiger partial charge in [-0.3, -0.25) is 4.79 Å². The van der Waals surface area contributed by atoms with Crippen molar-refractivity contribution in [1.82, 2.24) is 15.2 Å². The van der Waals surface area contributed by atoms with Gasteiger partial charge >= 0.3 is 6.18 Å². The number of amides is 1. The number of nitrogens with zero attached hydrogens (tertiary/aromatic N) is 2. The molecule has 1 unspecified atom stereocenters. The molecule has 120 valence electrons. The van der Waals surface area contributed by atoms with Gasteiger partial charge in [0, 0.05) is 19.1 Å². The van der Waals surface area contributed by atoms with Gasteiger partial charge in [0.05, 0.1) is 0 Å². The molecule has 0 spiro atoms. The van der Waals surface area contributed by atoms with E-state index in [9.17, 15) is 22.4 Å². The molecule has 22 heavy (non-hydrogen) atoms. The Morgan fingerprint density at radius 2 is 2.09 bits per heavy atom. The average molecular weight is 317 g/mol. The molecular weight excluding hydrogens is 302 g/mol. The molecule has 0 saturated carbocycles. The quantitative estimate of drug-likeness (QED) is 0.849. The predicted octanol–water partition coefficient (Wildman–Crippen LogP) is 2.06. The number of carbonyl (C=O) groups is 1. The summed E-state index contributed by atoms with van der Waals surface area (Å²) >= 11 is 0. The Hall–Kier alpha value is -1.70. The van der Waals surface area contributed by atoms with Crippen LogP contribution >= 0.6 is 0 Å². The van der Waals surface area contributed by atoms with E-state index in [0.717, 1.165) is 32.0 Å². The molecule has 1 aromatic rings. The van der Waals surface area contributed by atoms with Crippen molar-refractivity contribution in [2.45, 2.75) is 25.1 Å². The summed E-state index contributed by atoms with van der Waals surface area (Å²) in [6.45, 7) is 2.69. The normalized spacial score (nSPS) is 27.7. The second kappa shape index (κ2) is 5.49. The summed E-state index contributed by atoms with van der Waals surface area (Å²) in [5.74, 6) is -1.66. The summed E-state index contributed by atoms with van der Waals surface area (Å²) in [6.07, 6.45) is -3.02. The van der Waals surface area contributed by atoms with E-state index >= 15 is 0 Å². The van der Waals surface area contributed by atoms with Crippen molar-refractivity contribution in [1.29, 1.82) is 0 Å². The van der Waals surface area contributed by atoms with E-state index in [1.807, 2.05) is 0 Å². The highest BCUT2D eigenvalue weighted by Crippen LogP contribution is 2.30. The molecule has 3 heterocycles. The number of alkyl halides is 3. The highest BCUT2D eigenvalue weighted by atomic mass is 19.4. The molecule has 1 N–H and O–H groups in total. The lowest BCUT2D eigenvalue weighted by Gasteiger charge is -2.30. The van der Waals surface area contributed by atoms with Crippen LogP contribution in [0.3, 0.4) is 0 Å². The topological polar surface area (TPSA) is 45.2 Å². The number of carbonyl (C=O) groups excluding carboxylic acids is 1. The van der Waals surface area contributed by atoms with Crippen molar-refractivity contribution in [3.63, 3.8) is 0 Å². The Morgan fingerprint density at radius 1 is 1.32 bits per heavy atom. The van der Waals surface area contributed by atoms with Crippen LogP contribution < -0.4 is 5.32 Å². The maximum Gasteiger partial charge on any atom is 0.436 e. The van der Waals surface area contributed by atoms with Crippen LogP contribution in [0.2, 0.25) is 0 Å². The van der Waals surface area contributed by atoms with Crippen LogP contribution in [0.1, 0.15) is 29.0 Å². The SMILES string of the molecule is O=C(N[C@@H]1C[C@H]2CCN(C2)C1)c1ccc(F)c(C(F)(F)F)n1. The molecule has 1 aromatic heterocycles. The van der Waals surface area contributed by atoms with Gasteiger partial charge < -0.3 is 10.2 Å². The highest BCUT2D eigenvalue weighted by Gasteiger charge is 2.37. The first kappa shape index (κ1) is 15.2. The first-order valence-electron chi connectivity index (χ1n) is 7.10. The van der Waals surface area contributed by atoms with Crippen molar-refractivity contribution in [3.8, 4) is 0 Å². The molecule has 4 nitrogen and oxygen atoms in total. The van der Waals surface area contributed by atoms with E-state index in [0.29, 0.717) is 18.5 Å². The van der Waals surface area contributed by atoms with Crippen molar-refractivity contribution < 1.29 is 22.4 Å². The lowest BCUT2D eigenvalue weighted by Crippen LogP contribution is -2.47. The van der Waals surface area contributed by atoms with Gasteiger partial charge in [0.25, 0.3) is 5.91 Å². The zero-order chi connectivity index (χ0) is 15.9. The number of fused-ring (bicyclic) bond motifs is 2. The summed E-state index contributed by atoms with van der Waals surface area (Å²) in [5.41, 5.74) is -2.07. The van der Waals surface area contributed by atoms with Gasteiger partial charge in [-0.05, 0) is 37.4 Å². The van der Waals surface area contributed by atoms with Gasteiger partial charge in [0.15, 0.2) is 11.5 Å². The summed E-state index contributed by atoms with van der Waals surface area (Å²) in [7, 11) is 0. The molecular formula is C14H15F4N3O. The predicted molar refractivity (Wildman–Crippen MR) is 69.6 cm³/mol. The van der Waals surface area contributed by atoms with Gasteiger partial charge in [-0.15, -0.1) is 0 Å². The molecule has 2 fully saturated rings. The minimum atomic E-state index is -4.92. The standard InChI is InChI=1S/C14H15F4N3O/c15-10-1-2-11(20-12(10)14(16,17)18)13(22)19-9-5-8-3-4-21(6-8)7-9/h1-2,8-9H,3-7H2,(H,19,22)/t8-,9-/m1/s1. The lowest BCUT2D eigenvalue weighted by molar-refractivity contribution is -0.143. The van der Waals surface area contributed by atoms with Crippen LogP contribution in [0.25, 0.3) is 0 Å². The van der Waals surface area contributed by atoms with Crippen LogP contribution in [0.15, 0.2) is 12.1 Å². The number of aromatic nitrogens is 1. The van der Waals surface area contributed by atoms with E-state index in [1.54, 1.807) is 0 Å². The largest absolute Gasteiger partial charge is 0.436 e. The number of piperidine rings is 1. The number of hydrogen-bond donors (Lipinski definition) is 1. The highest BCUT2D eigenvalue weighted by molar-refractivity contribution is 5.92. The zero-order valence-electron chi connectivity index (χ0n) is 11.7. The van der Waals surface area contributed by atoms with Gasteiger partial charge in [0.2, 0.25) is 0 Å². The van der Waals surface area contributed by atoms with E-state index in [1.165, 1.54) is 0 Å². The molecule has 0 aliphatic carbocycles. The summed E-state index contributed by atoms with van der Waals surface area (Å²) in [6, 6.07) is 1.49. The molecule has 3 atom stereocenters. The molecule has 8 heteroatoms.